The van der Waals surface area contributed by atoms with Crippen molar-refractivity contribution >= 4 is 17.2 Å². The molecule has 0 aliphatic carbocycles. The Bertz CT molecular complexity index is 822. The van der Waals surface area contributed by atoms with Gasteiger partial charge in [-0.15, -0.1) is 11.3 Å². The minimum Gasteiger partial charge on any atom is -0.491 e. The van der Waals surface area contributed by atoms with Gasteiger partial charge in [0.05, 0.1) is 23.9 Å². The Morgan fingerprint density at radius 2 is 2.19 bits per heavy atom. The highest BCUT2D eigenvalue weighted by Crippen LogP contribution is 2.35. The van der Waals surface area contributed by atoms with E-state index in [4.69, 9.17) is 18.9 Å². The molecule has 1 amide bonds. The van der Waals surface area contributed by atoms with E-state index in [0.29, 0.717) is 42.7 Å². The summed E-state index contributed by atoms with van der Waals surface area (Å²) in [6, 6.07) is 5.46. The fourth-order valence-electron chi connectivity index (χ4n) is 3.03. The fraction of sp³-hybridized carbons (Fsp3) is 0.444. The number of aromatic nitrogens is 1. The molecular formula is C18H20N2O5S. The number of hydrogen-bond donors (Lipinski definition) is 0. The number of benzene rings is 1. The highest BCUT2D eigenvalue weighted by molar-refractivity contribution is 7.13. The van der Waals surface area contributed by atoms with Gasteiger partial charge in [0.2, 0.25) is 6.79 Å². The van der Waals surface area contributed by atoms with Crippen molar-refractivity contribution < 1.29 is 23.7 Å². The van der Waals surface area contributed by atoms with Gasteiger partial charge in [-0.1, -0.05) is 0 Å². The van der Waals surface area contributed by atoms with Crippen molar-refractivity contribution in [2.45, 2.75) is 20.0 Å². The maximum atomic E-state index is 12.8. The van der Waals surface area contributed by atoms with Crippen LogP contribution in [0.1, 0.15) is 20.4 Å². The second kappa shape index (κ2) is 7.13. The predicted molar refractivity (Wildman–Crippen MR) is 95.3 cm³/mol. The van der Waals surface area contributed by atoms with Crippen LogP contribution in [0.3, 0.4) is 0 Å². The van der Waals surface area contributed by atoms with Gasteiger partial charge < -0.3 is 23.8 Å². The first kappa shape index (κ1) is 17.1. The van der Waals surface area contributed by atoms with Gasteiger partial charge in [-0.2, -0.15) is 0 Å². The molecule has 8 heteroatoms. The van der Waals surface area contributed by atoms with Crippen LogP contribution >= 0.6 is 11.3 Å². The van der Waals surface area contributed by atoms with Gasteiger partial charge in [0.15, 0.2) is 11.5 Å². The number of fused-ring (bicyclic) bond motifs is 1. The molecule has 1 fully saturated rings. The monoisotopic (exact) mass is 376 g/mol. The number of rotatable bonds is 4. The quantitative estimate of drug-likeness (QED) is 0.816. The standard InChI is InChI=1S/C18H20N2O5S/c1-11-17(26-12(2)19-11)18(21)20-5-6-22-14(8-20)9-23-13-3-4-15-16(7-13)25-10-24-15/h3-4,7,14H,5-6,8-10H2,1-2H3. The van der Waals surface area contributed by atoms with E-state index in [1.165, 1.54) is 11.3 Å². The van der Waals surface area contributed by atoms with Gasteiger partial charge in [0.25, 0.3) is 5.91 Å². The Labute approximate surface area is 155 Å². The third kappa shape index (κ3) is 3.47. The van der Waals surface area contributed by atoms with Crippen molar-refractivity contribution in [3.63, 3.8) is 0 Å². The number of carbonyl (C=O) groups is 1. The van der Waals surface area contributed by atoms with Crippen LogP contribution < -0.4 is 14.2 Å². The average Bonchev–Trinajstić information content (AvgIpc) is 3.24. The third-order valence-electron chi connectivity index (χ3n) is 4.30. The summed E-state index contributed by atoms with van der Waals surface area (Å²) in [5.41, 5.74) is 0.789. The Kier molecular flexibility index (Phi) is 4.69. The molecule has 0 N–H and O–H groups in total. The van der Waals surface area contributed by atoms with Crippen LogP contribution in [0.2, 0.25) is 0 Å². The van der Waals surface area contributed by atoms with Crippen LogP contribution in [0.5, 0.6) is 17.2 Å². The number of nitrogens with zero attached hydrogens (tertiary/aromatic N) is 2. The van der Waals surface area contributed by atoms with Crippen molar-refractivity contribution in [1.82, 2.24) is 9.88 Å². The summed E-state index contributed by atoms with van der Waals surface area (Å²) in [5, 5.41) is 0.904. The van der Waals surface area contributed by atoms with E-state index in [-0.39, 0.29) is 18.8 Å². The molecule has 0 bridgehead atoms. The van der Waals surface area contributed by atoms with Gasteiger partial charge in [0.1, 0.15) is 23.3 Å². The maximum absolute atomic E-state index is 12.8. The Morgan fingerprint density at radius 1 is 1.35 bits per heavy atom. The summed E-state index contributed by atoms with van der Waals surface area (Å²) >= 11 is 1.44. The number of amides is 1. The second-order valence-electron chi connectivity index (χ2n) is 6.22. The number of hydrogen-bond acceptors (Lipinski definition) is 7. The number of ether oxygens (including phenoxy) is 4. The molecule has 0 saturated carbocycles. The van der Waals surface area contributed by atoms with Crippen LogP contribution in [-0.4, -0.2) is 55.0 Å². The van der Waals surface area contributed by atoms with E-state index < -0.39 is 0 Å². The summed E-state index contributed by atoms with van der Waals surface area (Å²) in [6.07, 6.45) is -0.174. The van der Waals surface area contributed by atoms with E-state index in [2.05, 4.69) is 4.98 Å². The lowest BCUT2D eigenvalue weighted by molar-refractivity contribution is -0.0400. The van der Waals surface area contributed by atoms with Crippen LogP contribution in [0.25, 0.3) is 0 Å². The molecular weight excluding hydrogens is 356 g/mol. The first-order chi connectivity index (χ1) is 12.6. The number of aryl methyl sites for hydroxylation is 2. The molecule has 1 saturated heterocycles. The van der Waals surface area contributed by atoms with Gasteiger partial charge in [-0.25, -0.2) is 4.98 Å². The second-order valence-corrected chi connectivity index (χ2v) is 7.42. The molecule has 2 aliphatic rings. The van der Waals surface area contributed by atoms with Crippen LogP contribution in [0.4, 0.5) is 0 Å². The van der Waals surface area contributed by atoms with Crippen molar-refractivity contribution in [1.29, 1.82) is 0 Å². The van der Waals surface area contributed by atoms with Crippen molar-refractivity contribution in [3.05, 3.63) is 33.8 Å². The zero-order valence-electron chi connectivity index (χ0n) is 14.7. The lowest BCUT2D eigenvalue weighted by Gasteiger charge is -2.32. The number of thiazole rings is 1. The van der Waals surface area contributed by atoms with Crippen molar-refractivity contribution in [2.24, 2.45) is 0 Å². The molecule has 26 heavy (non-hydrogen) atoms. The van der Waals surface area contributed by atoms with E-state index in [9.17, 15) is 4.79 Å². The first-order valence-corrected chi connectivity index (χ1v) is 9.29. The number of carbonyl (C=O) groups excluding carboxylic acids is 1. The van der Waals surface area contributed by atoms with Crippen molar-refractivity contribution in [2.75, 3.05) is 33.1 Å². The lowest BCUT2D eigenvalue weighted by atomic mass is 10.2. The largest absolute Gasteiger partial charge is 0.491 e. The molecule has 2 aliphatic heterocycles. The van der Waals surface area contributed by atoms with Gasteiger partial charge in [0, 0.05) is 12.6 Å². The van der Waals surface area contributed by atoms with E-state index in [1.54, 1.807) is 6.07 Å². The highest BCUT2D eigenvalue weighted by atomic mass is 32.1. The van der Waals surface area contributed by atoms with Crippen LogP contribution in [0.15, 0.2) is 18.2 Å². The smallest absolute Gasteiger partial charge is 0.266 e. The normalized spacial score (nSPS) is 18.8. The van der Waals surface area contributed by atoms with Gasteiger partial charge >= 0.3 is 0 Å². The Balaban J connectivity index is 1.36. The molecule has 1 unspecified atom stereocenters. The summed E-state index contributed by atoms with van der Waals surface area (Å²) in [4.78, 5) is 19.6. The third-order valence-corrected chi connectivity index (χ3v) is 5.36. The van der Waals surface area contributed by atoms with Crippen LogP contribution in [-0.2, 0) is 4.74 Å². The summed E-state index contributed by atoms with van der Waals surface area (Å²) < 4.78 is 22.2. The molecule has 2 aromatic rings. The summed E-state index contributed by atoms with van der Waals surface area (Å²) in [6.45, 7) is 5.96. The molecule has 7 nitrogen and oxygen atoms in total. The van der Waals surface area contributed by atoms with Crippen molar-refractivity contribution in [3.8, 4) is 17.2 Å². The molecule has 1 aromatic heterocycles. The van der Waals surface area contributed by atoms with Crippen LogP contribution in [0, 0.1) is 13.8 Å². The van der Waals surface area contributed by atoms with Gasteiger partial charge in [-0.3, -0.25) is 4.79 Å². The molecule has 138 valence electrons. The maximum Gasteiger partial charge on any atom is 0.266 e. The zero-order valence-corrected chi connectivity index (χ0v) is 15.5. The fourth-order valence-corrected chi connectivity index (χ4v) is 3.92. The number of morpholine rings is 1. The first-order valence-electron chi connectivity index (χ1n) is 8.47. The molecule has 0 spiro atoms. The van der Waals surface area contributed by atoms with Gasteiger partial charge in [-0.05, 0) is 26.0 Å². The molecule has 0 radical (unpaired) electrons. The Hall–Kier alpha value is -2.32. The zero-order chi connectivity index (χ0) is 18.1. The van der Waals surface area contributed by atoms with E-state index >= 15 is 0 Å². The minimum atomic E-state index is -0.174. The molecule has 1 aromatic carbocycles. The average molecular weight is 376 g/mol. The molecule has 4 rings (SSSR count). The van der Waals surface area contributed by atoms with E-state index in [1.807, 2.05) is 30.9 Å². The molecule has 3 heterocycles. The predicted octanol–water partition coefficient (Wildman–Crippen LogP) is 2.41. The Morgan fingerprint density at radius 3 is 3.00 bits per heavy atom. The van der Waals surface area contributed by atoms with E-state index in [0.717, 1.165) is 16.5 Å². The minimum absolute atomic E-state index is 0.0180. The SMILES string of the molecule is Cc1nc(C)c(C(=O)N2CCOC(COc3ccc4c(c3)OCO4)C2)s1. The molecule has 1 atom stereocenters. The summed E-state index contributed by atoms with van der Waals surface area (Å²) in [5.74, 6) is 2.11. The summed E-state index contributed by atoms with van der Waals surface area (Å²) in [7, 11) is 0. The highest BCUT2D eigenvalue weighted by Gasteiger charge is 2.28. The lowest BCUT2D eigenvalue weighted by Crippen LogP contribution is -2.47. The topological polar surface area (TPSA) is 70.1 Å².